The molecule has 0 spiro atoms. The molecule has 1 unspecified atom stereocenters. The first kappa shape index (κ1) is 18.4. The zero-order chi connectivity index (χ0) is 18.7. The number of nitrogens with zero attached hydrogens (tertiary/aromatic N) is 2. The van der Waals surface area contributed by atoms with E-state index in [1.807, 2.05) is 31.2 Å². The summed E-state index contributed by atoms with van der Waals surface area (Å²) in [5, 5.41) is 3.17. The van der Waals surface area contributed by atoms with E-state index >= 15 is 0 Å². The van der Waals surface area contributed by atoms with Crippen LogP contribution in [-0.2, 0) is 4.79 Å². The quantitative estimate of drug-likeness (QED) is 0.740. The van der Waals surface area contributed by atoms with Crippen molar-refractivity contribution in [2.75, 3.05) is 6.54 Å². The second-order valence-corrected chi connectivity index (χ2v) is 7.11. The van der Waals surface area contributed by atoms with E-state index in [9.17, 15) is 9.59 Å². The largest absolute Gasteiger partial charge is 0.355 e. The van der Waals surface area contributed by atoms with Gasteiger partial charge >= 0.3 is 0 Å². The molecule has 1 N–H and O–H groups in total. The van der Waals surface area contributed by atoms with E-state index in [0.717, 1.165) is 10.2 Å². The van der Waals surface area contributed by atoms with Gasteiger partial charge in [0.05, 0.1) is 20.8 Å². The molecular weight excluding hydrogens is 370 g/mol. The highest BCUT2D eigenvalue weighted by atomic mass is 35.5. The number of benzene rings is 2. The highest BCUT2D eigenvalue weighted by Crippen LogP contribution is 2.21. The number of hydrogen-bond donors (Lipinski definition) is 1. The third-order valence-corrected chi connectivity index (χ3v) is 5.32. The molecule has 0 saturated heterocycles. The lowest BCUT2D eigenvalue weighted by molar-refractivity contribution is -0.123. The first-order valence-corrected chi connectivity index (χ1v) is 9.43. The number of carbonyl (C=O) groups excluding carboxylic acids is 2. The lowest BCUT2D eigenvalue weighted by atomic mass is 10.2. The molecule has 2 aromatic carbocycles. The summed E-state index contributed by atoms with van der Waals surface area (Å²) in [7, 11) is 0. The summed E-state index contributed by atoms with van der Waals surface area (Å²) in [5.41, 5.74) is 1.20. The Morgan fingerprint density at radius 3 is 2.62 bits per heavy atom. The van der Waals surface area contributed by atoms with Crippen molar-refractivity contribution in [1.29, 1.82) is 0 Å². The van der Waals surface area contributed by atoms with E-state index in [1.165, 1.54) is 11.3 Å². The molecule has 1 aromatic heterocycles. The summed E-state index contributed by atoms with van der Waals surface area (Å²) >= 11 is 7.48. The average Bonchev–Trinajstić information content (AvgIpc) is 2.99. The van der Waals surface area contributed by atoms with Crippen LogP contribution in [0.3, 0.4) is 0 Å². The number of hydrogen-bond acceptors (Lipinski definition) is 3. The van der Waals surface area contributed by atoms with Gasteiger partial charge in [-0.05, 0) is 38.1 Å². The van der Waals surface area contributed by atoms with Gasteiger partial charge in [0.25, 0.3) is 5.91 Å². The van der Waals surface area contributed by atoms with Gasteiger partial charge in [-0.15, -0.1) is 0 Å². The molecule has 7 heteroatoms. The number of aromatic nitrogens is 1. The van der Waals surface area contributed by atoms with Crippen molar-refractivity contribution >= 4 is 45.0 Å². The minimum Gasteiger partial charge on any atom is -0.355 e. The fraction of sp³-hybridized carbons (Fsp3) is 0.211. The predicted molar refractivity (Wildman–Crippen MR) is 105 cm³/mol. The molecule has 1 atom stereocenters. The fourth-order valence-corrected chi connectivity index (χ4v) is 3.98. The summed E-state index contributed by atoms with van der Waals surface area (Å²) in [6.07, 6.45) is 0. The Kier molecular flexibility index (Phi) is 5.54. The molecule has 5 nitrogen and oxygen atoms in total. The predicted octanol–water partition coefficient (Wildman–Crippen LogP) is 3.79. The molecule has 3 aromatic rings. The SMILES string of the molecule is CCNC(=O)C(C)n1c(=NC(=O)c2ccccc2Cl)sc2ccccc21. The first-order chi connectivity index (χ1) is 12.5. The summed E-state index contributed by atoms with van der Waals surface area (Å²) in [6, 6.07) is 14.0. The smallest absolute Gasteiger partial charge is 0.281 e. The average molecular weight is 388 g/mol. The number of carbonyl (C=O) groups is 2. The highest BCUT2D eigenvalue weighted by molar-refractivity contribution is 7.16. The normalized spacial score (nSPS) is 13.0. The van der Waals surface area contributed by atoms with Crippen molar-refractivity contribution < 1.29 is 9.59 Å². The van der Waals surface area contributed by atoms with Gasteiger partial charge in [0.2, 0.25) is 5.91 Å². The van der Waals surface area contributed by atoms with Gasteiger partial charge in [0.15, 0.2) is 4.80 Å². The van der Waals surface area contributed by atoms with Crippen LogP contribution in [0.15, 0.2) is 53.5 Å². The van der Waals surface area contributed by atoms with E-state index in [2.05, 4.69) is 10.3 Å². The Bertz CT molecular complexity index is 1040. The summed E-state index contributed by atoms with van der Waals surface area (Å²) < 4.78 is 2.74. The fourth-order valence-electron chi connectivity index (χ4n) is 2.66. The van der Waals surface area contributed by atoms with Crippen LogP contribution in [0.25, 0.3) is 10.2 Å². The maximum absolute atomic E-state index is 12.6. The van der Waals surface area contributed by atoms with Crippen molar-refractivity contribution in [1.82, 2.24) is 9.88 Å². The standard InChI is InChI=1S/C19H18ClN3O2S/c1-3-21-17(24)12(2)23-15-10-6-7-11-16(15)26-19(23)22-18(25)13-8-4-5-9-14(13)20/h4-12H,3H2,1-2H3,(H,21,24). The van der Waals surface area contributed by atoms with Gasteiger partial charge in [-0.25, -0.2) is 0 Å². The van der Waals surface area contributed by atoms with Crippen LogP contribution < -0.4 is 10.1 Å². The first-order valence-electron chi connectivity index (χ1n) is 8.24. The zero-order valence-electron chi connectivity index (χ0n) is 14.4. The molecule has 1 heterocycles. The van der Waals surface area contributed by atoms with E-state index in [4.69, 9.17) is 11.6 Å². The number of rotatable bonds is 4. The van der Waals surface area contributed by atoms with Crippen LogP contribution >= 0.6 is 22.9 Å². The van der Waals surface area contributed by atoms with E-state index in [0.29, 0.717) is 21.9 Å². The second kappa shape index (κ2) is 7.85. The molecule has 2 amide bonds. The molecule has 0 bridgehead atoms. The molecule has 0 radical (unpaired) electrons. The molecule has 0 aliphatic carbocycles. The summed E-state index contributed by atoms with van der Waals surface area (Å²) in [6.45, 7) is 4.20. The molecular formula is C19H18ClN3O2S. The lowest BCUT2D eigenvalue weighted by Crippen LogP contribution is -2.34. The number of amides is 2. The Hall–Kier alpha value is -2.44. The van der Waals surface area contributed by atoms with Crippen LogP contribution in [-0.4, -0.2) is 22.9 Å². The molecule has 0 saturated carbocycles. The van der Waals surface area contributed by atoms with Crippen LogP contribution in [0.5, 0.6) is 0 Å². The molecule has 26 heavy (non-hydrogen) atoms. The van der Waals surface area contributed by atoms with E-state index in [-0.39, 0.29) is 5.91 Å². The number of para-hydroxylation sites is 1. The Morgan fingerprint density at radius 2 is 1.88 bits per heavy atom. The van der Waals surface area contributed by atoms with Gasteiger partial charge in [0.1, 0.15) is 6.04 Å². The third-order valence-electron chi connectivity index (χ3n) is 3.95. The minimum atomic E-state index is -0.496. The third kappa shape index (κ3) is 3.57. The highest BCUT2D eigenvalue weighted by Gasteiger charge is 2.19. The van der Waals surface area contributed by atoms with Crippen LogP contribution in [0, 0.1) is 0 Å². The topological polar surface area (TPSA) is 63.5 Å². The van der Waals surface area contributed by atoms with Crippen molar-refractivity contribution in [3.05, 3.63) is 63.9 Å². The lowest BCUT2D eigenvalue weighted by Gasteiger charge is -2.14. The number of nitrogens with one attached hydrogen (secondary N) is 1. The molecule has 134 valence electrons. The Morgan fingerprint density at radius 1 is 1.19 bits per heavy atom. The number of halogens is 1. The molecule has 3 rings (SSSR count). The van der Waals surface area contributed by atoms with Crippen LogP contribution in [0.1, 0.15) is 30.2 Å². The molecule has 0 aliphatic heterocycles. The van der Waals surface area contributed by atoms with Crippen LogP contribution in [0.2, 0.25) is 5.02 Å². The molecule has 0 fully saturated rings. The van der Waals surface area contributed by atoms with Crippen molar-refractivity contribution in [3.8, 4) is 0 Å². The second-order valence-electron chi connectivity index (χ2n) is 5.69. The number of thiazole rings is 1. The summed E-state index contributed by atoms with van der Waals surface area (Å²) in [5.74, 6) is -0.554. The van der Waals surface area contributed by atoms with Crippen molar-refractivity contribution in [3.63, 3.8) is 0 Å². The Balaban J connectivity index is 2.16. The van der Waals surface area contributed by atoms with Gasteiger partial charge < -0.3 is 9.88 Å². The number of fused-ring (bicyclic) bond motifs is 1. The van der Waals surface area contributed by atoms with Crippen molar-refractivity contribution in [2.24, 2.45) is 4.99 Å². The zero-order valence-corrected chi connectivity index (χ0v) is 16.0. The monoisotopic (exact) mass is 387 g/mol. The van der Waals surface area contributed by atoms with E-state index in [1.54, 1.807) is 35.8 Å². The Labute approximate surface area is 160 Å². The van der Waals surface area contributed by atoms with Crippen LogP contribution in [0.4, 0.5) is 0 Å². The minimum absolute atomic E-state index is 0.123. The molecule has 0 aliphatic rings. The van der Waals surface area contributed by atoms with Gasteiger partial charge in [-0.1, -0.05) is 47.2 Å². The summed E-state index contributed by atoms with van der Waals surface area (Å²) in [4.78, 5) is 29.7. The van der Waals surface area contributed by atoms with Gasteiger partial charge in [-0.2, -0.15) is 4.99 Å². The van der Waals surface area contributed by atoms with Gasteiger partial charge in [0, 0.05) is 6.54 Å². The number of likely N-dealkylation sites (N-methyl/N-ethyl adjacent to an activating group) is 1. The van der Waals surface area contributed by atoms with Crippen molar-refractivity contribution in [2.45, 2.75) is 19.9 Å². The van der Waals surface area contributed by atoms with E-state index < -0.39 is 11.9 Å². The van der Waals surface area contributed by atoms with Gasteiger partial charge in [-0.3, -0.25) is 9.59 Å². The maximum Gasteiger partial charge on any atom is 0.281 e. The maximum atomic E-state index is 12.6.